The predicted octanol–water partition coefficient (Wildman–Crippen LogP) is 3.24. The molecule has 0 bridgehead atoms. The Morgan fingerprint density at radius 2 is 1.92 bits per heavy atom. The van der Waals surface area contributed by atoms with Crippen molar-refractivity contribution in [2.75, 3.05) is 12.3 Å². The predicted molar refractivity (Wildman–Crippen MR) is 96.2 cm³/mol. The maximum absolute atomic E-state index is 12.8. The second-order valence-electron chi connectivity index (χ2n) is 6.79. The molecule has 7 heteroatoms. The number of amides is 1. The average Bonchev–Trinajstić information content (AvgIpc) is 3.41. The second kappa shape index (κ2) is 7.56. The van der Waals surface area contributed by atoms with Crippen LogP contribution in [0.25, 0.3) is 0 Å². The molecule has 132 valence electrons. The third-order valence-corrected chi connectivity index (χ3v) is 6.13. The van der Waals surface area contributed by atoms with E-state index in [-0.39, 0.29) is 11.9 Å². The number of rotatable bonds is 5. The van der Waals surface area contributed by atoms with Crippen LogP contribution >= 0.6 is 11.8 Å². The van der Waals surface area contributed by atoms with Gasteiger partial charge in [-0.2, -0.15) is 0 Å². The molecule has 1 aromatic carbocycles. The fraction of sp³-hybridized carbons (Fsp3) is 0.556. The Bertz CT molecular complexity index is 713. The molecule has 1 aromatic heterocycles. The van der Waals surface area contributed by atoms with Gasteiger partial charge in [0.15, 0.2) is 0 Å². The second-order valence-corrected chi connectivity index (χ2v) is 7.73. The Morgan fingerprint density at radius 1 is 1.12 bits per heavy atom. The molecular weight excluding hydrogens is 334 g/mol. The molecule has 2 aromatic rings. The molecule has 2 fully saturated rings. The lowest BCUT2D eigenvalue weighted by atomic mass is 10.0. The molecule has 1 atom stereocenters. The highest BCUT2D eigenvalue weighted by molar-refractivity contribution is 7.99. The number of carbonyl (C=O) groups excluding carboxylic acids is 1. The molecular formula is C18H23N5OS. The van der Waals surface area contributed by atoms with Gasteiger partial charge in [0.05, 0.1) is 17.8 Å². The maximum Gasteiger partial charge on any atom is 0.233 e. The molecule has 1 saturated heterocycles. The van der Waals surface area contributed by atoms with Crippen molar-refractivity contribution in [2.45, 2.75) is 55.8 Å². The summed E-state index contributed by atoms with van der Waals surface area (Å²) in [5.74, 6) is 0.577. The van der Waals surface area contributed by atoms with Gasteiger partial charge in [0.1, 0.15) is 0 Å². The number of aromatic nitrogens is 4. The molecule has 1 amide bonds. The van der Waals surface area contributed by atoms with Crippen molar-refractivity contribution in [3.05, 3.63) is 35.9 Å². The molecule has 0 radical (unpaired) electrons. The van der Waals surface area contributed by atoms with Crippen LogP contribution < -0.4 is 0 Å². The van der Waals surface area contributed by atoms with Crippen molar-refractivity contribution in [1.82, 2.24) is 25.1 Å². The zero-order chi connectivity index (χ0) is 17.1. The summed E-state index contributed by atoms with van der Waals surface area (Å²) in [6.45, 7) is 0.840. The average molecular weight is 357 g/mol. The van der Waals surface area contributed by atoms with Crippen molar-refractivity contribution in [3.63, 3.8) is 0 Å². The van der Waals surface area contributed by atoms with Crippen LogP contribution in [0, 0.1) is 0 Å². The molecule has 2 heterocycles. The number of benzene rings is 1. The van der Waals surface area contributed by atoms with Gasteiger partial charge in [0.25, 0.3) is 0 Å². The van der Waals surface area contributed by atoms with Crippen LogP contribution in [0.1, 0.15) is 56.2 Å². The Hall–Kier alpha value is -1.89. The van der Waals surface area contributed by atoms with Gasteiger partial charge < -0.3 is 4.90 Å². The lowest BCUT2D eigenvalue weighted by Gasteiger charge is -2.25. The quantitative estimate of drug-likeness (QED) is 0.769. The van der Waals surface area contributed by atoms with Gasteiger partial charge in [-0.05, 0) is 41.7 Å². The van der Waals surface area contributed by atoms with Crippen molar-refractivity contribution < 1.29 is 4.79 Å². The van der Waals surface area contributed by atoms with E-state index in [0.717, 1.165) is 37.4 Å². The lowest BCUT2D eigenvalue weighted by molar-refractivity contribution is -0.129. The van der Waals surface area contributed by atoms with Gasteiger partial charge in [-0.3, -0.25) is 4.79 Å². The molecule has 1 unspecified atom stereocenters. The minimum absolute atomic E-state index is 0.178. The molecule has 2 aliphatic rings. The van der Waals surface area contributed by atoms with Crippen LogP contribution in [0.2, 0.25) is 0 Å². The van der Waals surface area contributed by atoms with Gasteiger partial charge in [0.2, 0.25) is 11.1 Å². The number of hydrogen-bond acceptors (Lipinski definition) is 5. The zero-order valence-electron chi connectivity index (χ0n) is 14.3. The largest absolute Gasteiger partial charge is 0.335 e. The van der Waals surface area contributed by atoms with Gasteiger partial charge in [-0.25, -0.2) is 4.68 Å². The number of nitrogens with zero attached hydrogens (tertiary/aromatic N) is 5. The van der Waals surface area contributed by atoms with E-state index >= 15 is 0 Å². The Kier molecular flexibility index (Phi) is 5.01. The number of tetrazole rings is 1. The van der Waals surface area contributed by atoms with Crippen LogP contribution in [0.15, 0.2) is 35.5 Å². The fourth-order valence-corrected chi connectivity index (χ4v) is 4.79. The summed E-state index contributed by atoms with van der Waals surface area (Å²) in [6, 6.07) is 10.9. The van der Waals surface area contributed by atoms with E-state index < -0.39 is 0 Å². The Balaban J connectivity index is 1.40. The normalized spacial score (nSPS) is 21.1. The first-order chi connectivity index (χ1) is 12.3. The number of hydrogen-bond donors (Lipinski definition) is 0. The Morgan fingerprint density at radius 3 is 2.72 bits per heavy atom. The summed E-state index contributed by atoms with van der Waals surface area (Å²) < 4.78 is 1.92. The van der Waals surface area contributed by atoms with Crippen LogP contribution in [-0.4, -0.2) is 43.3 Å². The SMILES string of the molecule is O=C(CSc1nnnn1C1CCCC1)N1CCCC1c1ccccc1. The lowest BCUT2D eigenvalue weighted by Crippen LogP contribution is -2.32. The minimum atomic E-state index is 0.178. The monoisotopic (exact) mass is 357 g/mol. The zero-order valence-corrected chi connectivity index (χ0v) is 15.1. The first-order valence-corrected chi connectivity index (χ1v) is 10.1. The first kappa shape index (κ1) is 16.6. The highest BCUT2D eigenvalue weighted by Crippen LogP contribution is 2.34. The molecule has 6 nitrogen and oxygen atoms in total. The third-order valence-electron chi connectivity index (χ3n) is 5.22. The molecule has 1 aliphatic heterocycles. The third kappa shape index (κ3) is 3.56. The van der Waals surface area contributed by atoms with Crippen molar-refractivity contribution in [3.8, 4) is 0 Å². The molecule has 4 rings (SSSR count). The van der Waals surface area contributed by atoms with Crippen molar-refractivity contribution >= 4 is 17.7 Å². The summed E-state index contributed by atoms with van der Waals surface area (Å²) in [5, 5.41) is 12.9. The summed E-state index contributed by atoms with van der Waals surface area (Å²) >= 11 is 1.47. The summed E-state index contributed by atoms with van der Waals surface area (Å²) in [7, 11) is 0. The Labute approximate surface area is 152 Å². The van der Waals surface area contributed by atoms with E-state index in [1.165, 1.54) is 30.2 Å². The van der Waals surface area contributed by atoms with E-state index in [0.29, 0.717) is 11.8 Å². The van der Waals surface area contributed by atoms with E-state index in [1.54, 1.807) is 0 Å². The van der Waals surface area contributed by atoms with Crippen LogP contribution in [0.5, 0.6) is 0 Å². The number of likely N-dealkylation sites (tertiary alicyclic amines) is 1. The number of thioether (sulfide) groups is 1. The maximum atomic E-state index is 12.8. The first-order valence-electron chi connectivity index (χ1n) is 9.08. The highest BCUT2D eigenvalue weighted by Gasteiger charge is 2.30. The highest BCUT2D eigenvalue weighted by atomic mass is 32.2. The number of carbonyl (C=O) groups is 1. The summed E-state index contributed by atoms with van der Waals surface area (Å²) in [4.78, 5) is 14.8. The fourth-order valence-electron chi connectivity index (χ4n) is 3.95. The van der Waals surface area contributed by atoms with E-state index in [1.807, 2.05) is 27.8 Å². The standard InChI is InChI=1S/C18H23N5OS/c24-17(22-12-6-11-16(22)14-7-2-1-3-8-14)13-25-18-19-20-21-23(18)15-9-4-5-10-15/h1-3,7-8,15-16H,4-6,9-13H2. The van der Waals surface area contributed by atoms with Crippen LogP contribution in [0.4, 0.5) is 0 Å². The summed E-state index contributed by atoms with van der Waals surface area (Å²) in [5.41, 5.74) is 1.23. The summed E-state index contributed by atoms with van der Waals surface area (Å²) in [6.07, 6.45) is 6.85. The molecule has 1 saturated carbocycles. The van der Waals surface area contributed by atoms with E-state index in [9.17, 15) is 4.79 Å². The molecule has 0 spiro atoms. The van der Waals surface area contributed by atoms with Gasteiger partial charge in [-0.1, -0.05) is 54.9 Å². The molecule has 1 aliphatic carbocycles. The van der Waals surface area contributed by atoms with Crippen molar-refractivity contribution in [2.24, 2.45) is 0 Å². The van der Waals surface area contributed by atoms with Crippen molar-refractivity contribution in [1.29, 1.82) is 0 Å². The molecule has 0 N–H and O–H groups in total. The van der Waals surface area contributed by atoms with E-state index in [4.69, 9.17) is 0 Å². The van der Waals surface area contributed by atoms with Crippen LogP contribution in [0.3, 0.4) is 0 Å². The van der Waals surface area contributed by atoms with Crippen LogP contribution in [-0.2, 0) is 4.79 Å². The van der Waals surface area contributed by atoms with Gasteiger partial charge in [0, 0.05) is 6.54 Å². The smallest absolute Gasteiger partial charge is 0.233 e. The van der Waals surface area contributed by atoms with Gasteiger partial charge in [-0.15, -0.1) is 5.10 Å². The topological polar surface area (TPSA) is 63.9 Å². The minimum Gasteiger partial charge on any atom is -0.335 e. The van der Waals surface area contributed by atoms with Gasteiger partial charge >= 0.3 is 0 Å². The molecule has 25 heavy (non-hydrogen) atoms. The van der Waals surface area contributed by atoms with E-state index in [2.05, 4.69) is 27.7 Å².